The van der Waals surface area contributed by atoms with Crippen molar-refractivity contribution in [1.29, 1.82) is 0 Å². The molecule has 1 saturated heterocycles. The van der Waals surface area contributed by atoms with Crippen LogP contribution < -0.4 is 5.32 Å². The summed E-state index contributed by atoms with van der Waals surface area (Å²) in [4.78, 5) is 15.2. The minimum atomic E-state index is 0.0506. The Hall–Kier alpha value is -1.36. The molecule has 1 aliphatic carbocycles. The molecule has 1 amide bonds. The molecule has 0 spiro atoms. The zero-order chi connectivity index (χ0) is 16.2. The van der Waals surface area contributed by atoms with E-state index in [-0.39, 0.29) is 11.8 Å². The fraction of sp³-hybridized carbons (Fsp3) is 0.778. The van der Waals surface area contributed by atoms with Gasteiger partial charge in [-0.15, -0.1) is 0 Å². The van der Waals surface area contributed by atoms with Crippen molar-refractivity contribution in [2.45, 2.75) is 56.9 Å². The summed E-state index contributed by atoms with van der Waals surface area (Å²) in [5.74, 6) is 0.622. The molecule has 0 aromatic carbocycles. The van der Waals surface area contributed by atoms with Crippen LogP contribution in [0.5, 0.6) is 0 Å². The molecule has 2 fully saturated rings. The highest BCUT2D eigenvalue weighted by Gasteiger charge is 2.37. The number of hydrogen-bond donors (Lipinski definition) is 1. The number of hydrogen-bond acceptors (Lipinski definition) is 3. The molecule has 128 valence electrons. The zero-order valence-electron chi connectivity index (χ0n) is 14.5. The van der Waals surface area contributed by atoms with Crippen LogP contribution >= 0.6 is 0 Å². The van der Waals surface area contributed by atoms with E-state index >= 15 is 0 Å². The Morgan fingerprint density at radius 2 is 1.91 bits per heavy atom. The maximum absolute atomic E-state index is 13.1. The molecule has 5 nitrogen and oxygen atoms in total. The van der Waals surface area contributed by atoms with Crippen LogP contribution in [-0.4, -0.2) is 46.8 Å². The topological polar surface area (TPSA) is 50.2 Å². The van der Waals surface area contributed by atoms with Crippen LogP contribution in [-0.2, 0) is 11.8 Å². The van der Waals surface area contributed by atoms with E-state index in [0.717, 1.165) is 13.1 Å². The summed E-state index contributed by atoms with van der Waals surface area (Å²) in [6.45, 7) is 1.66. The second kappa shape index (κ2) is 7.47. The van der Waals surface area contributed by atoms with Gasteiger partial charge in [0.1, 0.15) is 0 Å². The summed E-state index contributed by atoms with van der Waals surface area (Å²) in [5.41, 5.74) is 1.18. The van der Waals surface area contributed by atoms with E-state index in [1.165, 1.54) is 50.5 Å². The van der Waals surface area contributed by atoms with Crippen molar-refractivity contribution in [3.05, 3.63) is 18.0 Å². The van der Waals surface area contributed by atoms with Crippen molar-refractivity contribution in [2.24, 2.45) is 13.0 Å². The molecular weight excluding hydrogens is 288 g/mol. The van der Waals surface area contributed by atoms with Crippen LogP contribution in [0.2, 0.25) is 0 Å². The van der Waals surface area contributed by atoms with Gasteiger partial charge in [-0.3, -0.25) is 9.48 Å². The first-order valence-corrected chi connectivity index (χ1v) is 9.12. The Kier molecular flexibility index (Phi) is 5.36. The molecule has 1 aliphatic heterocycles. The summed E-state index contributed by atoms with van der Waals surface area (Å²) in [6.07, 6.45) is 12.8. The Balaban J connectivity index is 1.67. The van der Waals surface area contributed by atoms with Gasteiger partial charge in [0.05, 0.1) is 12.1 Å². The van der Waals surface area contributed by atoms with Gasteiger partial charge in [-0.1, -0.05) is 32.1 Å². The molecule has 3 rings (SSSR count). The minimum Gasteiger partial charge on any atom is -0.342 e. The first-order chi connectivity index (χ1) is 11.2. The third-order valence-electron chi connectivity index (χ3n) is 5.65. The van der Waals surface area contributed by atoms with Crippen LogP contribution in [0.25, 0.3) is 0 Å². The van der Waals surface area contributed by atoms with Crippen LogP contribution in [0, 0.1) is 5.92 Å². The Morgan fingerprint density at radius 1 is 1.22 bits per heavy atom. The lowest BCUT2D eigenvalue weighted by molar-refractivity contribution is -0.136. The highest BCUT2D eigenvalue weighted by molar-refractivity contribution is 5.80. The van der Waals surface area contributed by atoms with Crippen molar-refractivity contribution in [2.75, 3.05) is 20.1 Å². The van der Waals surface area contributed by atoms with Crippen molar-refractivity contribution in [1.82, 2.24) is 20.0 Å². The van der Waals surface area contributed by atoms with Gasteiger partial charge in [-0.25, -0.2) is 0 Å². The van der Waals surface area contributed by atoms with Crippen molar-refractivity contribution < 1.29 is 4.79 Å². The molecule has 0 radical (unpaired) electrons. The predicted octanol–water partition coefficient (Wildman–Crippen LogP) is 2.29. The fourth-order valence-electron chi connectivity index (χ4n) is 4.18. The number of carbonyl (C=O) groups excluding carboxylic acids is 1. The molecule has 5 heteroatoms. The van der Waals surface area contributed by atoms with E-state index in [9.17, 15) is 4.79 Å². The number of nitrogens with one attached hydrogen (secondary N) is 1. The molecule has 1 aromatic heterocycles. The van der Waals surface area contributed by atoms with Gasteiger partial charge in [0, 0.05) is 45.3 Å². The van der Waals surface area contributed by atoms with E-state index in [1.54, 1.807) is 0 Å². The molecule has 2 atom stereocenters. The van der Waals surface area contributed by atoms with Crippen LogP contribution in [0.15, 0.2) is 12.4 Å². The van der Waals surface area contributed by atoms with Crippen LogP contribution in [0.1, 0.15) is 56.4 Å². The molecule has 1 saturated carbocycles. The quantitative estimate of drug-likeness (QED) is 0.930. The lowest BCUT2D eigenvalue weighted by atomic mass is 9.88. The normalized spacial score (nSPS) is 26.7. The van der Waals surface area contributed by atoms with Crippen molar-refractivity contribution in [3.63, 3.8) is 0 Å². The smallest absolute Gasteiger partial charge is 0.227 e. The van der Waals surface area contributed by atoms with Crippen molar-refractivity contribution >= 4 is 5.91 Å². The highest BCUT2D eigenvalue weighted by Crippen LogP contribution is 2.31. The van der Waals surface area contributed by atoms with Crippen molar-refractivity contribution in [3.8, 4) is 0 Å². The van der Waals surface area contributed by atoms with Crippen LogP contribution in [0.3, 0.4) is 0 Å². The second-order valence-corrected chi connectivity index (χ2v) is 7.27. The Labute approximate surface area is 139 Å². The Bertz CT molecular complexity index is 519. The molecule has 0 unspecified atom stereocenters. The monoisotopic (exact) mass is 318 g/mol. The number of aryl methyl sites for hydroxylation is 1. The van der Waals surface area contributed by atoms with Gasteiger partial charge in [0.25, 0.3) is 0 Å². The van der Waals surface area contributed by atoms with Crippen LogP contribution in [0.4, 0.5) is 0 Å². The molecule has 2 aliphatic rings. The van der Waals surface area contributed by atoms with Gasteiger partial charge < -0.3 is 10.2 Å². The number of carbonyl (C=O) groups is 1. The molecule has 23 heavy (non-hydrogen) atoms. The standard InChI is InChI=1S/C18H30N4O/c1-21-13-14(10-20-21)16-11-19-12-17(16)18(23)22(2)15-8-6-4-3-5-7-9-15/h10,13,15-17,19H,3-9,11-12H2,1-2H3/t16-,17+/m1/s1. The molecule has 1 aromatic rings. The third kappa shape index (κ3) is 3.77. The summed E-state index contributed by atoms with van der Waals surface area (Å²) in [5, 5.41) is 7.68. The second-order valence-electron chi connectivity index (χ2n) is 7.27. The average Bonchev–Trinajstić information content (AvgIpc) is 3.14. The lowest BCUT2D eigenvalue weighted by Crippen LogP contribution is -2.42. The summed E-state index contributed by atoms with van der Waals surface area (Å²) < 4.78 is 1.83. The summed E-state index contributed by atoms with van der Waals surface area (Å²) in [7, 11) is 3.95. The number of amides is 1. The van der Waals surface area contributed by atoms with E-state index in [4.69, 9.17) is 0 Å². The average molecular weight is 318 g/mol. The molecule has 1 N–H and O–H groups in total. The fourth-order valence-corrected chi connectivity index (χ4v) is 4.18. The molecule has 0 bridgehead atoms. The lowest BCUT2D eigenvalue weighted by Gasteiger charge is -2.32. The van der Waals surface area contributed by atoms with Gasteiger partial charge in [0.2, 0.25) is 5.91 Å². The Morgan fingerprint density at radius 3 is 2.57 bits per heavy atom. The molecular formula is C18H30N4O. The first-order valence-electron chi connectivity index (χ1n) is 9.12. The zero-order valence-corrected chi connectivity index (χ0v) is 14.5. The maximum Gasteiger partial charge on any atom is 0.227 e. The predicted molar refractivity (Wildman–Crippen MR) is 91.2 cm³/mol. The van der Waals surface area contributed by atoms with Gasteiger partial charge in [0.15, 0.2) is 0 Å². The maximum atomic E-state index is 13.1. The number of rotatable bonds is 3. The van der Waals surface area contributed by atoms with E-state index in [1.807, 2.05) is 31.2 Å². The van der Waals surface area contributed by atoms with E-state index in [2.05, 4.69) is 15.3 Å². The van der Waals surface area contributed by atoms with Gasteiger partial charge >= 0.3 is 0 Å². The number of aromatic nitrogens is 2. The molecule has 2 heterocycles. The third-order valence-corrected chi connectivity index (χ3v) is 5.65. The highest BCUT2D eigenvalue weighted by atomic mass is 16.2. The minimum absolute atomic E-state index is 0.0506. The van der Waals surface area contributed by atoms with E-state index < -0.39 is 0 Å². The van der Waals surface area contributed by atoms with Gasteiger partial charge in [-0.2, -0.15) is 5.10 Å². The summed E-state index contributed by atoms with van der Waals surface area (Å²) in [6, 6.07) is 0.429. The first kappa shape index (κ1) is 16.5. The number of nitrogens with zero attached hydrogens (tertiary/aromatic N) is 3. The summed E-state index contributed by atoms with van der Waals surface area (Å²) >= 11 is 0. The largest absolute Gasteiger partial charge is 0.342 e. The SMILES string of the molecule is CN(C(=O)[C@H]1CNC[C@@H]1c1cnn(C)c1)C1CCCCCCC1. The van der Waals surface area contributed by atoms with Gasteiger partial charge in [-0.05, 0) is 18.4 Å². The van der Waals surface area contributed by atoms with E-state index in [0.29, 0.717) is 11.9 Å².